The van der Waals surface area contributed by atoms with Gasteiger partial charge in [0, 0.05) is 11.4 Å². The maximum atomic E-state index is 5.95. The predicted molar refractivity (Wildman–Crippen MR) is 79.7 cm³/mol. The number of nitrogens with one attached hydrogen (secondary N) is 1. The fourth-order valence-electron chi connectivity index (χ4n) is 1.76. The third kappa shape index (κ3) is 3.37. The van der Waals surface area contributed by atoms with Crippen LogP contribution in [0.1, 0.15) is 23.9 Å². The summed E-state index contributed by atoms with van der Waals surface area (Å²) in [4.78, 5) is 8.67. The van der Waals surface area contributed by atoms with Gasteiger partial charge in [-0.1, -0.05) is 30.7 Å². The average molecular weight is 293 g/mol. The molecule has 6 heteroatoms. The second kappa shape index (κ2) is 6.54. The highest BCUT2D eigenvalue weighted by atomic mass is 35.5. The molecule has 0 spiro atoms. The Morgan fingerprint density at radius 2 is 2.15 bits per heavy atom. The zero-order valence-corrected chi connectivity index (χ0v) is 12.2. The number of anilines is 1. The van der Waals surface area contributed by atoms with E-state index in [9.17, 15) is 0 Å². The number of hydrogen-bond donors (Lipinski definition) is 2. The van der Waals surface area contributed by atoms with Crippen LogP contribution in [0.4, 0.5) is 5.82 Å². The maximum absolute atomic E-state index is 5.95. The molecule has 0 bridgehead atoms. The highest BCUT2D eigenvalue weighted by Crippen LogP contribution is 2.23. The van der Waals surface area contributed by atoms with Crippen molar-refractivity contribution in [3.05, 3.63) is 46.2 Å². The Labute approximate surface area is 123 Å². The standard InChI is InChI=1S/C14H17ClN4O/c1-3-12-17-13(19-16)9(2)14(18-12)20-8-10-5-4-6-11(15)7-10/h4-7H,3,8,16H2,1-2H3,(H,17,18,19). The van der Waals surface area contributed by atoms with Gasteiger partial charge in [0.15, 0.2) is 0 Å². The van der Waals surface area contributed by atoms with Gasteiger partial charge in [-0.15, -0.1) is 0 Å². The number of halogens is 1. The van der Waals surface area contributed by atoms with Crippen molar-refractivity contribution < 1.29 is 4.74 Å². The van der Waals surface area contributed by atoms with Crippen LogP contribution in [0.25, 0.3) is 0 Å². The summed E-state index contributed by atoms with van der Waals surface area (Å²) in [5.41, 5.74) is 4.33. The summed E-state index contributed by atoms with van der Waals surface area (Å²) in [5, 5.41) is 0.684. The van der Waals surface area contributed by atoms with Gasteiger partial charge in [0.05, 0.1) is 5.56 Å². The SMILES string of the molecule is CCc1nc(NN)c(C)c(OCc2cccc(Cl)c2)n1. The minimum Gasteiger partial charge on any atom is -0.472 e. The molecule has 1 aromatic carbocycles. The van der Waals surface area contributed by atoms with Gasteiger partial charge in [-0.3, -0.25) is 0 Å². The van der Waals surface area contributed by atoms with Gasteiger partial charge in [-0.2, -0.15) is 4.98 Å². The van der Waals surface area contributed by atoms with Crippen LogP contribution >= 0.6 is 11.6 Å². The Balaban J connectivity index is 2.20. The van der Waals surface area contributed by atoms with Gasteiger partial charge in [-0.25, -0.2) is 10.8 Å². The second-order valence-corrected chi connectivity index (χ2v) is 4.77. The summed E-state index contributed by atoms with van der Waals surface area (Å²) < 4.78 is 5.76. The number of benzene rings is 1. The van der Waals surface area contributed by atoms with Gasteiger partial charge in [0.1, 0.15) is 18.2 Å². The Kier molecular flexibility index (Phi) is 4.76. The third-order valence-electron chi connectivity index (χ3n) is 2.86. The highest BCUT2D eigenvalue weighted by Gasteiger charge is 2.10. The van der Waals surface area contributed by atoms with E-state index in [0.29, 0.717) is 35.6 Å². The summed E-state index contributed by atoms with van der Waals surface area (Å²) in [5.74, 6) is 7.26. The lowest BCUT2D eigenvalue weighted by molar-refractivity contribution is 0.290. The van der Waals surface area contributed by atoms with E-state index in [1.54, 1.807) is 0 Å². The topological polar surface area (TPSA) is 73.1 Å². The molecular weight excluding hydrogens is 276 g/mol. The first kappa shape index (κ1) is 14.6. The summed E-state index contributed by atoms with van der Waals surface area (Å²) in [6, 6.07) is 7.52. The molecule has 2 rings (SSSR count). The first-order valence-electron chi connectivity index (χ1n) is 6.35. The Morgan fingerprint density at radius 3 is 2.80 bits per heavy atom. The van der Waals surface area contributed by atoms with Crippen LogP contribution in [-0.4, -0.2) is 9.97 Å². The molecule has 0 radical (unpaired) electrons. The zero-order chi connectivity index (χ0) is 14.5. The fraction of sp³-hybridized carbons (Fsp3) is 0.286. The molecule has 0 unspecified atom stereocenters. The average Bonchev–Trinajstić information content (AvgIpc) is 2.46. The Hall–Kier alpha value is -1.85. The van der Waals surface area contributed by atoms with E-state index >= 15 is 0 Å². The van der Waals surface area contributed by atoms with E-state index < -0.39 is 0 Å². The number of hydrogen-bond acceptors (Lipinski definition) is 5. The number of nitrogens with two attached hydrogens (primary N) is 1. The van der Waals surface area contributed by atoms with Gasteiger partial charge in [0.2, 0.25) is 5.88 Å². The predicted octanol–water partition coefficient (Wildman–Crippen LogP) is 2.87. The monoisotopic (exact) mass is 292 g/mol. The van der Waals surface area contributed by atoms with Crippen molar-refractivity contribution >= 4 is 17.4 Å². The molecule has 0 atom stereocenters. The van der Waals surface area contributed by atoms with Crippen molar-refractivity contribution in [1.82, 2.24) is 9.97 Å². The number of rotatable bonds is 5. The van der Waals surface area contributed by atoms with Crippen molar-refractivity contribution in [2.75, 3.05) is 5.43 Å². The van der Waals surface area contributed by atoms with Crippen molar-refractivity contribution in [3.63, 3.8) is 0 Å². The molecule has 0 amide bonds. The molecule has 1 aromatic heterocycles. The van der Waals surface area contributed by atoms with Gasteiger partial charge in [-0.05, 0) is 24.6 Å². The molecule has 0 aliphatic rings. The molecule has 5 nitrogen and oxygen atoms in total. The van der Waals surface area contributed by atoms with E-state index in [0.717, 1.165) is 11.1 Å². The van der Waals surface area contributed by atoms with Crippen LogP contribution < -0.4 is 16.0 Å². The summed E-state index contributed by atoms with van der Waals surface area (Å²) in [6.07, 6.45) is 0.711. The first-order valence-corrected chi connectivity index (χ1v) is 6.73. The van der Waals surface area contributed by atoms with Gasteiger partial charge in [0.25, 0.3) is 0 Å². The number of ether oxygens (including phenoxy) is 1. The van der Waals surface area contributed by atoms with Gasteiger partial charge >= 0.3 is 0 Å². The van der Waals surface area contributed by atoms with E-state index in [2.05, 4.69) is 15.4 Å². The smallest absolute Gasteiger partial charge is 0.222 e. The van der Waals surface area contributed by atoms with Crippen LogP contribution in [0, 0.1) is 6.92 Å². The largest absolute Gasteiger partial charge is 0.472 e. The molecule has 0 aliphatic carbocycles. The van der Waals surface area contributed by atoms with E-state index in [4.69, 9.17) is 22.2 Å². The third-order valence-corrected chi connectivity index (χ3v) is 3.10. The van der Waals surface area contributed by atoms with Crippen molar-refractivity contribution in [3.8, 4) is 5.88 Å². The van der Waals surface area contributed by atoms with Crippen LogP contribution in [0.15, 0.2) is 24.3 Å². The minimum absolute atomic E-state index is 0.394. The molecule has 0 saturated heterocycles. The van der Waals surface area contributed by atoms with E-state index in [1.807, 2.05) is 38.1 Å². The van der Waals surface area contributed by atoms with Crippen LogP contribution in [0.3, 0.4) is 0 Å². The van der Waals surface area contributed by atoms with Crippen molar-refractivity contribution in [2.24, 2.45) is 5.84 Å². The molecule has 3 N–H and O–H groups in total. The normalized spacial score (nSPS) is 10.4. The van der Waals surface area contributed by atoms with Crippen LogP contribution in [-0.2, 0) is 13.0 Å². The Morgan fingerprint density at radius 1 is 1.35 bits per heavy atom. The molecule has 2 aromatic rings. The lowest BCUT2D eigenvalue weighted by atomic mass is 10.2. The number of nitrogens with zero attached hydrogens (tertiary/aromatic N) is 2. The Bertz CT molecular complexity index is 604. The minimum atomic E-state index is 0.394. The molecular formula is C14H17ClN4O. The second-order valence-electron chi connectivity index (χ2n) is 4.34. The van der Waals surface area contributed by atoms with Crippen LogP contribution in [0.2, 0.25) is 5.02 Å². The maximum Gasteiger partial charge on any atom is 0.222 e. The molecule has 0 fully saturated rings. The number of hydrazine groups is 1. The van der Waals surface area contributed by atoms with Crippen molar-refractivity contribution in [1.29, 1.82) is 0 Å². The molecule has 20 heavy (non-hydrogen) atoms. The molecule has 0 aliphatic heterocycles. The molecule has 0 saturated carbocycles. The van der Waals surface area contributed by atoms with Crippen molar-refractivity contribution in [2.45, 2.75) is 26.9 Å². The summed E-state index contributed by atoms with van der Waals surface area (Å²) in [6.45, 7) is 4.24. The highest BCUT2D eigenvalue weighted by molar-refractivity contribution is 6.30. The molecule has 1 heterocycles. The fourth-order valence-corrected chi connectivity index (χ4v) is 1.97. The van der Waals surface area contributed by atoms with E-state index in [1.165, 1.54) is 0 Å². The summed E-state index contributed by atoms with van der Waals surface area (Å²) in [7, 11) is 0. The molecule has 106 valence electrons. The van der Waals surface area contributed by atoms with Crippen LogP contribution in [0.5, 0.6) is 5.88 Å². The van der Waals surface area contributed by atoms with E-state index in [-0.39, 0.29) is 0 Å². The number of aromatic nitrogens is 2. The summed E-state index contributed by atoms with van der Waals surface area (Å²) >= 11 is 5.95. The lowest BCUT2D eigenvalue weighted by Gasteiger charge is -2.12. The number of aryl methyl sites for hydroxylation is 1. The zero-order valence-electron chi connectivity index (χ0n) is 11.5. The lowest BCUT2D eigenvalue weighted by Crippen LogP contribution is -2.13. The van der Waals surface area contributed by atoms with Gasteiger partial charge < -0.3 is 10.2 Å². The first-order chi connectivity index (χ1) is 9.63. The number of nitrogen functional groups attached to an aromatic ring is 1. The quantitative estimate of drug-likeness (QED) is 0.655.